The van der Waals surface area contributed by atoms with Gasteiger partial charge >= 0.3 is 0 Å². The molecule has 0 aliphatic carbocycles. The number of nitrogens with zero attached hydrogens (tertiary/aromatic N) is 1. The van der Waals surface area contributed by atoms with Gasteiger partial charge in [-0.1, -0.05) is 29.8 Å². The van der Waals surface area contributed by atoms with E-state index in [2.05, 4.69) is 34.7 Å². The molecule has 0 spiro atoms. The molecule has 1 amide bonds. The highest BCUT2D eigenvalue weighted by molar-refractivity contribution is 14.1. The zero-order valence-corrected chi connectivity index (χ0v) is 13.6. The molecule has 1 aliphatic heterocycles. The molecule has 0 bridgehead atoms. The Kier molecular flexibility index (Phi) is 3.78. The van der Waals surface area contributed by atoms with E-state index < -0.39 is 0 Å². The summed E-state index contributed by atoms with van der Waals surface area (Å²) in [5.74, 6) is 0.113. The summed E-state index contributed by atoms with van der Waals surface area (Å²) in [6, 6.07) is 14.2. The normalized spacial score (nSPS) is 14.0. The summed E-state index contributed by atoms with van der Waals surface area (Å²) in [7, 11) is 0. The molecule has 2 aromatic rings. The molecular weight excluding hydrogens is 361 g/mol. The Bertz CT molecular complexity index is 666. The number of anilines is 1. The van der Waals surface area contributed by atoms with Gasteiger partial charge in [-0.15, -0.1) is 0 Å². The van der Waals surface area contributed by atoms with Crippen LogP contribution in [0.15, 0.2) is 42.5 Å². The minimum atomic E-state index is 0.113. The second-order valence-electron chi connectivity index (χ2n) is 5.17. The van der Waals surface area contributed by atoms with Gasteiger partial charge < -0.3 is 4.90 Å². The summed E-state index contributed by atoms with van der Waals surface area (Å²) in [6.45, 7) is 2.85. The third kappa shape index (κ3) is 2.46. The lowest BCUT2D eigenvalue weighted by Crippen LogP contribution is -2.35. The van der Waals surface area contributed by atoms with Gasteiger partial charge in [-0.3, -0.25) is 4.79 Å². The third-order valence-corrected chi connectivity index (χ3v) is 4.60. The van der Waals surface area contributed by atoms with E-state index in [4.69, 9.17) is 0 Å². The van der Waals surface area contributed by atoms with Crippen molar-refractivity contribution in [2.45, 2.75) is 19.8 Å². The fourth-order valence-electron chi connectivity index (χ4n) is 2.68. The highest BCUT2D eigenvalue weighted by Gasteiger charge is 2.24. The van der Waals surface area contributed by atoms with Gasteiger partial charge in [-0.05, 0) is 66.1 Å². The maximum Gasteiger partial charge on any atom is 0.259 e. The maximum atomic E-state index is 12.8. The Balaban J connectivity index is 2.00. The monoisotopic (exact) mass is 377 g/mol. The molecule has 20 heavy (non-hydrogen) atoms. The molecule has 0 radical (unpaired) electrons. The molecule has 0 N–H and O–H groups in total. The van der Waals surface area contributed by atoms with Crippen LogP contribution in [0.5, 0.6) is 0 Å². The number of para-hydroxylation sites is 1. The summed E-state index contributed by atoms with van der Waals surface area (Å²) in [5.41, 5.74) is 4.33. The first-order valence-corrected chi connectivity index (χ1v) is 7.90. The number of amides is 1. The largest absolute Gasteiger partial charge is 0.308 e. The van der Waals surface area contributed by atoms with E-state index in [0.29, 0.717) is 0 Å². The molecule has 0 saturated heterocycles. The number of fused-ring (bicyclic) bond motifs is 1. The molecule has 2 aromatic carbocycles. The van der Waals surface area contributed by atoms with Crippen LogP contribution in [-0.4, -0.2) is 12.5 Å². The zero-order chi connectivity index (χ0) is 14.1. The zero-order valence-electron chi connectivity index (χ0n) is 11.4. The molecule has 1 heterocycles. The first kappa shape index (κ1) is 13.6. The number of benzene rings is 2. The van der Waals surface area contributed by atoms with Crippen molar-refractivity contribution in [1.82, 2.24) is 0 Å². The quantitative estimate of drug-likeness (QED) is 0.683. The van der Waals surface area contributed by atoms with Crippen molar-refractivity contribution >= 4 is 34.2 Å². The van der Waals surface area contributed by atoms with Gasteiger partial charge in [-0.25, -0.2) is 0 Å². The molecule has 0 unspecified atom stereocenters. The Morgan fingerprint density at radius 2 is 2.00 bits per heavy atom. The van der Waals surface area contributed by atoms with E-state index >= 15 is 0 Å². The average Bonchev–Trinajstić information content (AvgIpc) is 2.46. The van der Waals surface area contributed by atoms with Crippen LogP contribution in [0.1, 0.15) is 27.9 Å². The second kappa shape index (κ2) is 5.56. The lowest BCUT2D eigenvalue weighted by molar-refractivity contribution is 0.0984. The van der Waals surface area contributed by atoms with Crippen LogP contribution in [0.3, 0.4) is 0 Å². The number of hydrogen-bond donors (Lipinski definition) is 0. The molecule has 3 heteroatoms. The minimum absolute atomic E-state index is 0.113. The Morgan fingerprint density at radius 1 is 1.20 bits per heavy atom. The molecule has 0 atom stereocenters. The molecule has 102 valence electrons. The molecule has 0 fully saturated rings. The van der Waals surface area contributed by atoms with Crippen molar-refractivity contribution < 1.29 is 4.79 Å². The van der Waals surface area contributed by atoms with Crippen LogP contribution in [0.2, 0.25) is 0 Å². The van der Waals surface area contributed by atoms with E-state index in [9.17, 15) is 4.79 Å². The lowest BCUT2D eigenvalue weighted by Gasteiger charge is -2.29. The highest BCUT2D eigenvalue weighted by Crippen LogP contribution is 2.29. The van der Waals surface area contributed by atoms with Crippen molar-refractivity contribution in [3.63, 3.8) is 0 Å². The fraction of sp³-hybridized carbons (Fsp3) is 0.235. The highest BCUT2D eigenvalue weighted by atomic mass is 127. The van der Waals surface area contributed by atoms with Crippen molar-refractivity contribution in [3.8, 4) is 0 Å². The lowest BCUT2D eigenvalue weighted by atomic mass is 10.0. The number of rotatable bonds is 1. The summed E-state index contributed by atoms with van der Waals surface area (Å²) in [6.07, 6.45) is 2.09. The minimum Gasteiger partial charge on any atom is -0.308 e. The fourth-order valence-corrected chi connectivity index (χ4v) is 3.59. The third-order valence-electron chi connectivity index (χ3n) is 3.71. The summed E-state index contributed by atoms with van der Waals surface area (Å²) >= 11 is 2.25. The van der Waals surface area contributed by atoms with Gasteiger partial charge in [0.05, 0.1) is 5.56 Å². The van der Waals surface area contributed by atoms with Crippen molar-refractivity contribution in [1.29, 1.82) is 0 Å². The van der Waals surface area contributed by atoms with E-state index in [0.717, 1.165) is 34.2 Å². The van der Waals surface area contributed by atoms with Crippen LogP contribution >= 0.6 is 22.6 Å². The molecule has 2 nitrogen and oxygen atoms in total. The van der Waals surface area contributed by atoms with E-state index in [1.165, 1.54) is 11.1 Å². The number of halogens is 1. The first-order valence-electron chi connectivity index (χ1n) is 6.83. The molecule has 0 saturated carbocycles. The Labute approximate surface area is 132 Å². The van der Waals surface area contributed by atoms with E-state index in [1.807, 2.05) is 42.2 Å². The van der Waals surface area contributed by atoms with Crippen LogP contribution < -0.4 is 4.90 Å². The summed E-state index contributed by atoms with van der Waals surface area (Å²) < 4.78 is 1.02. The average molecular weight is 377 g/mol. The van der Waals surface area contributed by atoms with Gasteiger partial charge in [0.2, 0.25) is 0 Å². The second-order valence-corrected chi connectivity index (χ2v) is 6.33. The van der Waals surface area contributed by atoms with Gasteiger partial charge in [0.15, 0.2) is 0 Å². The molecule has 3 rings (SSSR count). The topological polar surface area (TPSA) is 20.3 Å². The maximum absolute atomic E-state index is 12.8. The summed E-state index contributed by atoms with van der Waals surface area (Å²) in [4.78, 5) is 14.7. The SMILES string of the molecule is Cc1ccc(C(=O)N2CCCc3ccccc32)c(I)c1. The molecular formula is C17H16INO. The van der Waals surface area contributed by atoms with E-state index in [-0.39, 0.29) is 5.91 Å². The van der Waals surface area contributed by atoms with Crippen LogP contribution in [0, 0.1) is 10.5 Å². The number of carbonyl (C=O) groups is 1. The Hall–Kier alpha value is -1.36. The van der Waals surface area contributed by atoms with Gasteiger partial charge in [0, 0.05) is 15.8 Å². The predicted molar refractivity (Wildman–Crippen MR) is 90.3 cm³/mol. The smallest absolute Gasteiger partial charge is 0.259 e. The number of aryl methyl sites for hydroxylation is 2. The van der Waals surface area contributed by atoms with Gasteiger partial charge in [0.25, 0.3) is 5.91 Å². The van der Waals surface area contributed by atoms with Crippen LogP contribution in [-0.2, 0) is 6.42 Å². The van der Waals surface area contributed by atoms with Gasteiger partial charge in [0.1, 0.15) is 0 Å². The van der Waals surface area contributed by atoms with Crippen LogP contribution in [0.4, 0.5) is 5.69 Å². The van der Waals surface area contributed by atoms with Gasteiger partial charge in [-0.2, -0.15) is 0 Å². The van der Waals surface area contributed by atoms with Crippen molar-refractivity contribution in [3.05, 3.63) is 62.7 Å². The summed E-state index contributed by atoms with van der Waals surface area (Å²) in [5, 5.41) is 0. The number of carbonyl (C=O) groups excluding carboxylic acids is 1. The standard InChI is InChI=1S/C17H16INO/c1-12-8-9-14(15(18)11-12)17(20)19-10-4-6-13-5-2-3-7-16(13)19/h2-3,5,7-9,11H,4,6,10H2,1H3. The molecule has 0 aromatic heterocycles. The Morgan fingerprint density at radius 3 is 2.80 bits per heavy atom. The van der Waals surface area contributed by atoms with Crippen LogP contribution in [0.25, 0.3) is 0 Å². The first-order chi connectivity index (χ1) is 9.66. The predicted octanol–water partition coefficient (Wildman–Crippen LogP) is 4.19. The van der Waals surface area contributed by atoms with Crippen molar-refractivity contribution in [2.75, 3.05) is 11.4 Å². The van der Waals surface area contributed by atoms with Crippen molar-refractivity contribution in [2.24, 2.45) is 0 Å². The van der Waals surface area contributed by atoms with E-state index in [1.54, 1.807) is 0 Å². The number of hydrogen-bond acceptors (Lipinski definition) is 1. The molecule has 1 aliphatic rings.